The van der Waals surface area contributed by atoms with Gasteiger partial charge in [0.25, 0.3) is 5.91 Å². The third-order valence-corrected chi connectivity index (χ3v) is 3.90. The first kappa shape index (κ1) is 19.0. The summed E-state index contributed by atoms with van der Waals surface area (Å²) >= 11 is 0. The summed E-state index contributed by atoms with van der Waals surface area (Å²) in [5.74, 6) is -1.31. The average Bonchev–Trinajstić information content (AvgIpc) is 3.20. The van der Waals surface area contributed by atoms with E-state index in [0.717, 1.165) is 35.4 Å². The first-order valence-electron chi connectivity index (χ1n) is 8.00. The largest absolute Gasteiger partial charge is 0.449 e. The van der Waals surface area contributed by atoms with Gasteiger partial charge in [-0.3, -0.25) is 9.89 Å². The lowest BCUT2D eigenvalue weighted by Crippen LogP contribution is -2.22. The van der Waals surface area contributed by atoms with Crippen molar-refractivity contribution >= 4 is 11.6 Å². The first-order chi connectivity index (χ1) is 13.3. The average molecular weight is 388 g/mol. The van der Waals surface area contributed by atoms with E-state index >= 15 is 0 Å². The summed E-state index contributed by atoms with van der Waals surface area (Å²) in [7, 11) is 0. The number of primary amides is 1. The summed E-state index contributed by atoms with van der Waals surface area (Å²) in [5.41, 5.74) is 12.7. The maximum absolute atomic E-state index is 12.6. The number of rotatable bonds is 5. The Morgan fingerprint density at radius 1 is 0.964 bits per heavy atom. The predicted molar refractivity (Wildman–Crippen MR) is 96.4 cm³/mol. The minimum atomic E-state index is -4.48. The number of carbonyl (C=O) groups excluding carboxylic acids is 1. The number of aromatic amines is 1. The van der Waals surface area contributed by atoms with Gasteiger partial charge in [-0.05, 0) is 29.8 Å². The Kier molecular flexibility index (Phi) is 5.08. The first-order valence-corrected chi connectivity index (χ1v) is 8.00. The van der Waals surface area contributed by atoms with Crippen LogP contribution < -0.4 is 16.2 Å². The Hall–Kier alpha value is -3.75. The Balaban J connectivity index is 1.87. The van der Waals surface area contributed by atoms with Crippen LogP contribution in [0.15, 0.2) is 66.7 Å². The standard InChI is InChI=1S/C19H15F3N4O2/c20-19(21,22)14-5-7-15(8-6-14)28-17(18(24)27)16(23)12-3-1-11(2-4-12)13-9-25-26-10-13/h1-10H,23H2,(H2,24,27)(H,25,26). The van der Waals surface area contributed by atoms with E-state index in [9.17, 15) is 18.0 Å². The van der Waals surface area contributed by atoms with E-state index in [0.29, 0.717) is 5.56 Å². The van der Waals surface area contributed by atoms with Gasteiger partial charge in [0, 0.05) is 17.3 Å². The van der Waals surface area contributed by atoms with Crippen LogP contribution in [0.5, 0.6) is 5.75 Å². The van der Waals surface area contributed by atoms with Crippen molar-refractivity contribution in [2.24, 2.45) is 11.5 Å². The fourth-order valence-electron chi connectivity index (χ4n) is 2.45. The predicted octanol–water partition coefficient (Wildman–Crippen LogP) is 3.29. The molecule has 0 aliphatic carbocycles. The van der Waals surface area contributed by atoms with Crippen LogP contribution in [0.25, 0.3) is 16.8 Å². The maximum Gasteiger partial charge on any atom is 0.416 e. The van der Waals surface area contributed by atoms with E-state index in [1.807, 2.05) is 0 Å². The number of hydrogen-bond acceptors (Lipinski definition) is 4. The van der Waals surface area contributed by atoms with Gasteiger partial charge in [0.15, 0.2) is 0 Å². The monoisotopic (exact) mass is 388 g/mol. The van der Waals surface area contributed by atoms with Crippen molar-refractivity contribution in [3.05, 3.63) is 77.8 Å². The molecule has 0 aliphatic heterocycles. The van der Waals surface area contributed by atoms with E-state index in [2.05, 4.69) is 10.2 Å². The highest BCUT2D eigenvalue weighted by Gasteiger charge is 2.30. The smallest absolute Gasteiger partial charge is 0.416 e. The Morgan fingerprint density at radius 3 is 2.11 bits per heavy atom. The summed E-state index contributed by atoms with van der Waals surface area (Å²) in [4.78, 5) is 11.8. The number of alkyl halides is 3. The van der Waals surface area contributed by atoms with Crippen LogP contribution in [-0.4, -0.2) is 16.1 Å². The molecule has 9 heteroatoms. The van der Waals surface area contributed by atoms with Gasteiger partial charge in [0.2, 0.25) is 5.76 Å². The molecule has 6 nitrogen and oxygen atoms in total. The number of hydrogen-bond donors (Lipinski definition) is 3. The number of ether oxygens (including phenoxy) is 1. The maximum atomic E-state index is 12.6. The summed E-state index contributed by atoms with van der Waals surface area (Å²) in [6, 6.07) is 10.7. The number of H-pyrrole nitrogens is 1. The lowest BCUT2D eigenvalue weighted by molar-refractivity contribution is -0.137. The third-order valence-electron chi connectivity index (χ3n) is 3.90. The van der Waals surface area contributed by atoms with Crippen molar-refractivity contribution in [1.29, 1.82) is 0 Å². The molecule has 0 radical (unpaired) electrons. The van der Waals surface area contributed by atoms with Crippen molar-refractivity contribution in [2.45, 2.75) is 6.18 Å². The van der Waals surface area contributed by atoms with E-state index in [1.165, 1.54) is 0 Å². The molecular formula is C19H15F3N4O2. The second-order valence-corrected chi connectivity index (χ2v) is 5.80. The molecule has 2 aromatic carbocycles. The van der Waals surface area contributed by atoms with Crippen molar-refractivity contribution < 1.29 is 22.7 Å². The minimum Gasteiger partial charge on any atom is -0.449 e. The highest BCUT2D eigenvalue weighted by Crippen LogP contribution is 2.31. The molecule has 3 aromatic rings. The molecule has 0 saturated carbocycles. The molecule has 0 fully saturated rings. The number of nitrogens with zero attached hydrogens (tertiary/aromatic N) is 1. The van der Waals surface area contributed by atoms with Gasteiger partial charge in [-0.15, -0.1) is 0 Å². The topological polar surface area (TPSA) is 107 Å². The Bertz CT molecular complexity index is 993. The summed E-state index contributed by atoms with van der Waals surface area (Å²) in [6.45, 7) is 0. The quantitative estimate of drug-likeness (QED) is 0.460. The van der Waals surface area contributed by atoms with Crippen LogP contribution in [0.4, 0.5) is 13.2 Å². The third kappa shape index (κ3) is 4.14. The van der Waals surface area contributed by atoms with Gasteiger partial charge in [-0.25, -0.2) is 0 Å². The van der Waals surface area contributed by atoms with Crippen LogP contribution in [0.2, 0.25) is 0 Å². The SMILES string of the molecule is NC(=O)C(Oc1ccc(C(F)(F)F)cc1)=C(N)c1ccc(-c2cn[nH]c2)cc1. The van der Waals surface area contributed by atoms with E-state index in [4.69, 9.17) is 16.2 Å². The number of nitrogens with one attached hydrogen (secondary N) is 1. The van der Waals surface area contributed by atoms with Crippen LogP contribution in [0.3, 0.4) is 0 Å². The lowest BCUT2D eigenvalue weighted by Gasteiger charge is -2.12. The van der Waals surface area contributed by atoms with Crippen LogP contribution in [0, 0.1) is 0 Å². The van der Waals surface area contributed by atoms with E-state index in [1.54, 1.807) is 36.7 Å². The number of aromatic nitrogens is 2. The van der Waals surface area contributed by atoms with Crippen LogP contribution in [-0.2, 0) is 11.0 Å². The molecule has 0 spiro atoms. The van der Waals surface area contributed by atoms with Gasteiger partial charge in [0.05, 0.1) is 17.5 Å². The summed E-state index contributed by atoms with van der Waals surface area (Å²) in [6.07, 6.45) is -1.11. The Morgan fingerprint density at radius 2 is 1.61 bits per heavy atom. The summed E-state index contributed by atoms with van der Waals surface area (Å²) < 4.78 is 43.3. The molecule has 0 bridgehead atoms. The van der Waals surface area contributed by atoms with Crippen LogP contribution in [0.1, 0.15) is 11.1 Å². The molecule has 5 N–H and O–H groups in total. The van der Waals surface area contributed by atoms with Crippen molar-refractivity contribution in [1.82, 2.24) is 10.2 Å². The zero-order valence-corrected chi connectivity index (χ0v) is 14.3. The number of carbonyl (C=O) groups is 1. The molecule has 1 amide bonds. The number of amides is 1. The molecule has 1 heterocycles. The molecule has 0 unspecified atom stereocenters. The van der Waals surface area contributed by atoms with Crippen molar-refractivity contribution in [3.8, 4) is 16.9 Å². The fourth-order valence-corrected chi connectivity index (χ4v) is 2.45. The zero-order valence-electron chi connectivity index (χ0n) is 14.3. The van der Waals surface area contributed by atoms with Crippen molar-refractivity contribution in [3.63, 3.8) is 0 Å². The fraction of sp³-hybridized carbons (Fsp3) is 0.0526. The molecule has 0 saturated heterocycles. The molecular weight excluding hydrogens is 373 g/mol. The van der Waals surface area contributed by atoms with Gasteiger partial charge in [-0.1, -0.05) is 24.3 Å². The van der Waals surface area contributed by atoms with Gasteiger partial charge in [-0.2, -0.15) is 18.3 Å². The normalized spacial score (nSPS) is 12.4. The van der Waals surface area contributed by atoms with E-state index in [-0.39, 0.29) is 17.2 Å². The second-order valence-electron chi connectivity index (χ2n) is 5.80. The molecule has 144 valence electrons. The molecule has 3 rings (SSSR count). The number of benzene rings is 2. The highest BCUT2D eigenvalue weighted by atomic mass is 19.4. The molecule has 0 aliphatic rings. The van der Waals surface area contributed by atoms with Crippen molar-refractivity contribution in [2.75, 3.05) is 0 Å². The number of nitrogens with two attached hydrogens (primary N) is 2. The Labute approximate surface area is 157 Å². The van der Waals surface area contributed by atoms with E-state index < -0.39 is 17.6 Å². The lowest BCUT2D eigenvalue weighted by atomic mass is 10.0. The number of halogens is 3. The molecule has 0 atom stereocenters. The highest BCUT2D eigenvalue weighted by molar-refractivity contribution is 5.98. The second kappa shape index (κ2) is 7.47. The molecule has 1 aromatic heterocycles. The molecule has 28 heavy (non-hydrogen) atoms. The van der Waals surface area contributed by atoms with Gasteiger partial charge < -0.3 is 16.2 Å². The summed E-state index contributed by atoms with van der Waals surface area (Å²) in [5, 5.41) is 6.57. The minimum absolute atomic E-state index is 0.000215. The van der Waals surface area contributed by atoms with Crippen LogP contribution >= 0.6 is 0 Å². The van der Waals surface area contributed by atoms with Gasteiger partial charge in [0.1, 0.15) is 5.75 Å². The van der Waals surface area contributed by atoms with Gasteiger partial charge >= 0.3 is 6.18 Å². The zero-order chi connectivity index (χ0) is 20.3.